The van der Waals surface area contributed by atoms with Crippen LogP contribution in [0.2, 0.25) is 5.02 Å². The van der Waals surface area contributed by atoms with E-state index in [4.69, 9.17) is 20.9 Å². The molecule has 0 amide bonds. The number of hydrogen-bond acceptors (Lipinski definition) is 5. The summed E-state index contributed by atoms with van der Waals surface area (Å²) < 4.78 is 10.9. The van der Waals surface area contributed by atoms with Crippen LogP contribution in [0.1, 0.15) is 44.9 Å². The van der Waals surface area contributed by atoms with Gasteiger partial charge in [0, 0.05) is 37.4 Å². The molecule has 1 saturated carbocycles. The Morgan fingerprint density at radius 3 is 2.86 bits per heavy atom. The minimum Gasteiger partial charge on any atom is -0.382 e. The highest BCUT2D eigenvalue weighted by Crippen LogP contribution is 2.40. The standard InChI is InChI=1S/C21H30ClN5O2/c1-3-28-12-11-21(9-4-5-10-21)15-25-20(23-2)24-14-18-26-19(27-29-18)16-7-6-8-17(22)13-16/h6-8,13H,3-5,9-12,14-15H2,1-2H3,(H2,23,24,25). The number of rotatable bonds is 9. The first-order chi connectivity index (χ1) is 14.1. The minimum absolute atomic E-state index is 0.289. The van der Waals surface area contributed by atoms with Crippen LogP contribution in [0.4, 0.5) is 0 Å². The number of benzene rings is 1. The summed E-state index contributed by atoms with van der Waals surface area (Å²) in [5.41, 5.74) is 1.12. The van der Waals surface area contributed by atoms with Crippen molar-refractivity contribution in [2.75, 3.05) is 26.8 Å². The Balaban J connectivity index is 1.51. The smallest absolute Gasteiger partial charge is 0.246 e. The molecule has 158 valence electrons. The van der Waals surface area contributed by atoms with Gasteiger partial charge in [0.2, 0.25) is 11.7 Å². The topological polar surface area (TPSA) is 84.6 Å². The number of guanidine groups is 1. The largest absolute Gasteiger partial charge is 0.382 e. The Morgan fingerprint density at radius 1 is 1.31 bits per heavy atom. The van der Waals surface area contributed by atoms with E-state index in [2.05, 4.69) is 25.8 Å². The van der Waals surface area contributed by atoms with Crippen LogP contribution in [0.25, 0.3) is 11.4 Å². The zero-order valence-corrected chi connectivity index (χ0v) is 18.0. The van der Waals surface area contributed by atoms with E-state index in [0.29, 0.717) is 23.3 Å². The van der Waals surface area contributed by atoms with Crippen LogP contribution in [0.3, 0.4) is 0 Å². The summed E-state index contributed by atoms with van der Waals surface area (Å²) in [6.07, 6.45) is 6.12. The third-order valence-electron chi connectivity index (χ3n) is 5.46. The fraction of sp³-hybridized carbons (Fsp3) is 0.571. The van der Waals surface area contributed by atoms with Gasteiger partial charge in [-0.15, -0.1) is 0 Å². The summed E-state index contributed by atoms with van der Waals surface area (Å²) in [5, 5.41) is 11.4. The molecule has 1 aromatic carbocycles. The number of nitrogens with zero attached hydrogens (tertiary/aromatic N) is 3. The molecular formula is C21H30ClN5O2. The molecule has 2 aromatic rings. The lowest BCUT2D eigenvalue weighted by Crippen LogP contribution is -2.43. The SMILES string of the molecule is CCOCCC1(CNC(=NC)NCc2nc(-c3cccc(Cl)c3)no2)CCCC1. The van der Waals surface area contributed by atoms with Crippen molar-refractivity contribution in [1.29, 1.82) is 0 Å². The van der Waals surface area contributed by atoms with E-state index >= 15 is 0 Å². The van der Waals surface area contributed by atoms with Gasteiger partial charge < -0.3 is 19.9 Å². The molecule has 29 heavy (non-hydrogen) atoms. The lowest BCUT2D eigenvalue weighted by Gasteiger charge is -2.30. The van der Waals surface area contributed by atoms with Crippen molar-refractivity contribution in [1.82, 2.24) is 20.8 Å². The molecule has 8 heteroatoms. The van der Waals surface area contributed by atoms with Gasteiger partial charge in [-0.3, -0.25) is 4.99 Å². The molecule has 0 atom stereocenters. The molecule has 7 nitrogen and oxygen atoms in total. The van der Waals surface area contributed by atoms with Crippen molar-refractivity contribution in [3.05, 3.63) is 35.2 Å². The average Bonchev–Trinajstić information content (AvgIpc) is 3.39. The second-order valence-electron chi connectivity index (χ2n) is 7.46. The first-order valence-electron chi connectivity index (χ1n) is 10.2. The van der Waals surface area contributed by atoms with E-state index in [-0.39, 0.29) is 5.41 Å². The monoisotopic (exact) mass is 419 g/mol. The number of aromatic nitrogens is 2. The van der Waals surface area contributed by atoms with E-state index in [1.807, 2.05) is 31.2 Å². The zero-order chi connectivity index (χ0) is 20.5. The highest BCUT2D eigenvalue weighted by Gasteiger charge is 2.33. The van der Waals surface area contributed by atoms with E-state index in [9.17, 15) is 0 Å². The molecule has 0 spiro atoms. The number of ether oxygens (including phenoxy) is 1. The fourth-order valence-corrected chi connectivity index (χ4v) is 3.99. The van der Waals surface area contributed by atoms with Crippen LogP contribution in [0, 0.1) is 5.41 Å². The molecule has 0 saturated heterocycles. The van der Waals surface area contributed by atoms with Crippen molar-refractivity contribution >= 4 is 17.6 Å². The second kappa shape index (κ2) is 10.6. The summed E-state index contributed by atoms with van der Waals surface area (Å²) in [4.78, 5) is 8.75. The summed E-state index contributed by atoms with van der Waals surface area (Å²) >= 11 is 6.03. The third kappa shape index (κ3) is 6.18. The van der Waals surface area contributed by atoms with Gasteiger partial charge >= 0.3 is 0 Å². The summed E-state index contributed by atoms with van der Waals surface area (Å²) in [6, 6.07) is 7.39. The highest BCUT2D eigenvalue weighted by molar-refractivity contribution is 6.30. The van der Waals surface area contributed by atoms with Crippen LogP contribution in [0.5, 0.6) is 0 Å². The van der Waals surface area contributed by atoms with Crippen LogP contribution < -0.4 is 10.6 Å². The van der Waals surface area contributed by atoms with E-state index in [1.54, 1.807) is 7.05 Å². The minimum atomic E-state index is 0.289. The molecule has 1 aliphatic rings. The first-order valence-corrected chi connectivity index (χ1v) is 10.6. The Bertz CT molecular complexity index is 802. The van der Waals surface area contributed by atoms with Crippen molar-refractivity contribution in [2.24, 2.45) is 10.4 Å². The predicted octanol–water partition coefficient (Wildman–Crippen LogP) is 4.04. The maximum absolute atomic E-state index is 6.03. The molecule has 0 bridgehead atoms. The van der Waals surface area contributed by atoms with E-state index in [1.165, 1.54) is 25.7 Å². The Morgan fingerprint density at radius 2 is 2.14 bits per heavy atom. The molecule has 1 aliphatic carbocycles. The van der Waals surface area contributed by atoms with E-state index < -0.39 is 0 Å². The van der Waals surface area contributed by atoms with Crippen LogP contribution in [0.15, 0.2) is 33.8 Å². The Kier molecular flexibility index (Phi) is 7.89. The lowest BCUT2D eigenvalue weighted by molar-refractivity contribution is 0.105. The van der Waals surface area contributed by atoms with Crippen LogP contribution in [-0.2, 0) is 11.3 Å². The number of hydrogen-bond donors (Lipinski definition) is 2. The maximum atomic E-state index is 6.03. The lowest BCUT2D eigenvalue weighted by atomic mass is 9.83. The quantitative estimate of drug-likeness (QED) is 0.362. The predicted molar refractivity (Wildman–Crippen MR) is 115 cm³/mol. The molecule has 1 fully saturated rings. The molecule has 1 aromatic heterocycles. The second-order valence-corrected chi connectivity index (χ2v) is 7.89. The molecule has 2 N–H and O–H groups in total. The number of nitrogens with one attached hydrogen (secondary N) is 2. The van der Waals surface area contributed by atoms with Gasteiger partial charge in [0.1, 0.15) is 0 Å². The number of aliphatic imine (C=N–C) groups is 1. The van der Waals surface area contributed by atoms with Crippen molar-refractivity contribution in [2.45, 2.75) is 45.6 Å². The average molecular weight is 420 g/mol. The Hall–Kier alpha value is -2.12. The van der Waals surface area contributed by atoms with Gasteiger partial charge in [-0.1, -0.05) is 41.7 Å². The van der Waals surface area contributed by atoms with Gasteiger partial charge in [0.15, 0.2) is 5.96 Å². The van der Waals surface area contributed by atoms with Crippen molar-refractivity contribution in [3.63, 3.8) is 0 Å². The van der Waals surface area contributed by atoms with E-state index in [0.717, 1.165) is 37.7 Å². The Labute approximate surface area is 177 Å². The molecule has 3 rings (SSSR count). The van der Waals surface area contributed by atoms with Crippen molar-refractivity contribution < 1.29 is 9.26 Å². The van der Waals surface area contributed by atoms with Gasteiger partial charge in [-0.25, -0.2) is 0 Å². The van der Waals surface area contributed by atoms with Crippen LogP contribution in [-0.4, -0.2) is 42.9 Å². The van der Waals surface area contributed by atoms with Crippen LogP contribution >= 0.6 is 11.6 Å². The molecular weight excluding hydrogens is 390 g/mol. The molecule has 0 radical (unpaired) electrons. The highest BCUT2D eigenvalue weighted by atomic mass is 35.5. The van der Waals surface area contributed by atoms with Crippen molar-refractivity contribution in [3.8, 4) is 11.4 Å². The van der Waals surface area contributed by atoms with Gasteiger partial charge in [0.05, 0.1) is 6.54 Å². The maximum Gasteiger partial charge on any atom is 0.246 e. The van der Waals surface area contributed by atoms with Gasteiger partial charge in [-0.2, -0.15) is 4.98 Å². The summed E-state index contributed by atoms with van der Waals surface area (Å²) in [7, 11) is 1.77. The normalized spacial score (nSPS) is 16.2. The third-order valence-corrected chi connectivity index (χ3v) is 5.69. The molecule has 0 aliphatic heterocycles. The van der Waals surface area contributed by atoms with Gasteiger partial charge in [0.25, 0.3) is 0 Å². The summed E-state index contributed by atoms with van der Waals surface area (Å²) in [5.74, 6) is 1.75. The first kappa shape index (κ1) is 21.6. The van der Waals surface area contributed by atoms with Gasteiger partial charge in [-0.05, 0) is 43.7 Å². The fourth-order valence-electron chi connectivity index (χ4n) is 3.80. The molecule has 0 unspecified atom stereocenters. The zero-order valence-electron chi connectivity index (χ0n) is 17.2. The summed E-state index contributed by atoms with van der Waals surface area (Å²) in [6.45, 7) is 4.92. The number of halogens is 1. The molecule has 1 heterocycles.